The maximum atomic E-state index is 13.6. The van der Waals surface area contributed by atoms with Crippen LogP contribution in [0.15, 0.2) is 36.5 Å². The molecule has 1 aromatic heterocycles. The average molecular weight is 297 g/mol. The molecule has 0 bridgehead atoms. The van der Waals surface area contributed by atoms with Crippen molar-refractivity contribution in [2.24, 2.45) is 5.41 Å². The van der Waals surface area contributed by atoms with Crippen molar-refractivity contribution in [3.63, 3.8) is 0 Å². The number of aromatic nitrogens is 1. The SMILES string of the molecule is C#Cc1ccnc(OCC2(C)COC2)c1F.c1cc2cc-2c1. The summed E-state index contributed by atoms with van der Waals surface area (Å²) in [7, 11) is 0. The number of hydrogen-bond donors (Lipinski definition) is 0. The van der Waals surface area contributed by atoms with Crippen LogP contribution in [0.2, 0.25) is 0 Å². The van der Waals surface area contributed by atoms with Gasteiger partial charge >= 0.3 is 0 Å². The lowest BCUT2D eigenvalue weighted by Crippen LogP contribution is -2.44. The molecule has 3 aliphatic rings. The van der Waals surface area contributed by atoms with Crippen LogP contribution >= 0.6 is 0 Å². The first kappa shape index (κ1) is 14.6. The van der Waals surface area contributed by atoms with E-state index in [1.807, 2.05) is 6.92 Å². The second-order valence-electron chi connectivity index (χ2n) is 5.79. The second-order valence-corrected chi connectivity index (χ2v) is 5.79. The van der Waals surface area contributed by atoms with Crippen molar-refractivity contribution in [1.82, 2.24) is 4.98 Å². The number of fused-ring (bicyclic) bond motifs is 1. The standard InChI is InChI=1S/C12H12FNO2.C6H4/c1-3-9-4-5-14-11(10(9)13)16-8-12(2)6-15-7-12;1-2-5-4-6(5)3-1/h1,4-5H,6-8H2,2H3;1-4H. The molecule has 0 amide bonds. The molecule has 4 heteroatoms. The fourth-order valence-corrected chi connectivity index (χ4v) is 2.09. The minimum Gasteiger partial charge on any atom is -0.475 e. The summed E-state index contributed by atoms with van der Waals surface area (Å²) in [6.45, 7) is 3.65. The van der Waals surface area contributed by atoms with Crippen LogP contribution in [0, 0.1) is 23.6 Å². The van der Waals surface area contributed by atoms with Crippen molar-refractivity contribution in [1.29, 1.82) is 0 Å². The van der Waals surface area contributed by atoms with E-state index in [9.17, 15) is 4.39 Å². The molecule has 1 aliphatic heterocycles. The van der Waals surface area contributed by atoms with Crippen molar-refractivity contribution in [3.8, 4) is 29.4 Å². The van der Waals surface area contributed by atoms with Gasteiger partial charge in [0.2, 0.25) is 5.82 Å². The molecule has 0 saturated carbocycles. The van der Waals surface area contributed by atoms with Gasteiger partial charge in [-0.05, 0) is 23.3 Å². The molecule has 0 unspecified atom stereocenters. The van der Waals surface area contributed by atoms with Crippen LogP contribution in [0.5, 0.6) is 5.88 Å². The van der Waals surface area contributed by atoms with Crippen LogP contribution in [0.3, 0.4) is 0 Å². The Morgan fingerprint density at radius 1 is 1.36 bits per heavy atom. The van der Waals surface area contributed by atoms with Crippen LogP contribution in [-0.2, 0) is 4.74 Å². The van der Waals surface area contributed by atoms with Gasteiger partial charge in [0, 0.05) is 11.6 Å². The molecule has 4 rings (SSSR count). The molecule has 0 atom stereocenters. The van der Waals surface area contributed by atoms with Gasteiger partial charge in [0.1, 0.15) is 0 Å². The number of terminal acetylenes is 1. The lowest BCUT2D eigenvalue weighted by Gasteiger charge is -2.37. The van der Waals surface area contributed by atoms with Crippen LogP contribution in [0.1, 0.15) is 12.5 Å². The van der Waals surface area contributed by atoms with Crippen LogP contribution < -0.4 is 4.74 Å². The molecule has 1 fully saturated rings. The third-order valence-electron chi connectivity index (χ3n) is 3.58. The van der Waals surface area contributed by atoms with Crippen LogP contribution in [0.25, 0.3) is 11.1 Å². The number of benzene rings is 1. The van der Waals surface area contributed by atoms with E-state index in [0.29, 0.717) is 19.8 Å². The Labute approximate surface area is 129 Å². The van der Waals surface area contributed by atoms with Gasteiger partial charge < -0.3 is 9.47 Å². The van der Waals surface area contributed by atoms with E-state index in [-0.39, 0.29) is 16.9 Å². The highest BCUT2D eigenvalue weighted by Gasteiger charge is 2.34. The fraction of sp³-hybridized carbons (Fsp3) is 0.278. The van der Waals surface area contributed by atoms with Crippen LogP contribution in [-0.4, -0.2) is 24.8 Å². The van der Waals surface area contributed by atoms with Gasteiger partial charge in [-0.15, -0.1) is 6.42 Å². The van der Waals surface area contributed by atoms with E-state index < -0.39 is 5.82 Å². The van der Waals surface area contributed by atoms with Gasteiger partial charge in [-0.3, -0.25) is 0 Å². The maximum Gasteiger partial charge on any atom is 0.251 e. The van der Waals surface area contributed by atoms with Crippen LogP contribution in [0.4, 0.5) is 4.39 Å². The first-order chi connectivity index (χ1) is 10.6. The largest absolute Gasteiger partial charge is 0.475 e. The van der Waals surface area contributed by atoms with Crippen molar-refractivity contribution in [3.05, 3.63) is 47.9 Å². The molecular weight excluding hydrogens is 281 g/mol. The Morgan fingerprint density at radius 2 is 2.09 bits per heavy atom. The lowest BCUT2D eigenvalue weighted by molar-refractivity contribution is -0.121. The number of halogens is 1. The molecular formula is C18H16FNO2. The van der Waals surface area contributed by atoms with Gasteiger partial charge in [0.25, 0.3) is 5.88 Å². The Bertz CT molecular complexity index is 715. The molecule has 1 aromatic rings. The Balaban J connectivity index is 0.000000196. The quantitative estimate of drug-likeness (QED) is 0.695. The number of nitrogens with zero attached hydrogens (tertiary/aromatic N) is 1. The summed E-state index contributed by atoms with van der Waals surface area (Å²) in [5.41, 5.74) is 2.98. The molecule has 1 saturated heterocycles. The Kier molecular flexibility index (Phi) is 3.82. The van der Waals surface area contributed by atoms with Gasteiger partial charge in [-0.25, -0.2) is 4.98 Å². The molecule has 0 spiro atoms. The third-order valence-corrected chi connectivity index (χ3v) is 3.58. The average Bonchev–Trinajstić information content (AvgIpc) is 3.11. The Morgan fingerprint density at radius 3 is 2.55 bits per heavy atom. The van der Waals surface area contributed by atoms with E-state index >= 15 is 0 Å². The third kappa shape index (κ3) is 3.10. The minimum atomic E-state index is -0.575. The van der Waals surface area contributed by atoms with Crippen molar-refractivity contribution in [2.45, 2.75) is 6.92 Å². The summed E-state index contributed by atoms with van der Waals surface area (Å²) in [5, 5.41) is 0. The number of rotatable bonds is 3. The van der Waals surface area contributed by atoms with Crippen molar-refractivity contribution >= 4 is 0 Å². The summed E-state index contributed by atoms with van der Waals surface area (Å²) >= 11 is 0. The molecule has 22 heavy (non-hydrogen) atoms. The minimum absolute atomic E-state index is 0.0384. The monoisotopic (exact) mass is 297 g/mol. The molecule has 0 aromatic carbocycles. The zero-order valence-electron chi connectivity index (χ0n) is 12.3. The summed E-state index contributed by atoms with van der Waals surface area (Å²) < 4.78 is 24.0. The normalized spacial score (nSPS) is 15.7. The van der Waals surface area contributed by atoms with E-state index in [0.717, 1.165) is 0 Å². The number of ether oxygens (including phenoxy) is 2. The first-order valence-corrected chi connectivity index (χ1v) is 7.03. The molecule has 0 radical (unpaired) electrons. The zero-order chi connectivity index (χ0) is 15.6. The van der Waals surface area contributed by atoms with Gasteiger partial charge in [0.15, 0.2) is 0 Å². The molecule has 0 N–H and O–H groups in total. The van der Waals surface area contributed by atoms with Gasteiger partial charge in [0.05, 0.1) is 25.4 Å². The van der Waals surface area contributed by atoms with E-state index in [4.69, 9.17) is 15.9 Å². The van der Waals surface area contributed by atoms with E-state index in [2.05, 4.69) is 35.2 Å². The smallest absolute Gasteiger partial charge is 0.251 e. The molecule has 112 valence electrons. The van der Waals surface area contributed by atoms with Gasteiger partial charge in [-0.2, -0.15) is 4.39 Å². The van der Waals surface area contributed by atoms with E-state index in [1.165, 1.54) is 23.4 Å². The predicted octanol–water partition coefficient (Wildman–Crippen LogP) is 3.28. The summed E-state index contributed by atoms with van der Waals surface area (Å²) in [6.07, 6.45) is 6.58. The topological polar surface area (TPSA) is 31.4 Å². The lowest BCUT2D eigenvalue weighted by atomic mass is 9.90. The highest BCUT2D eigenvalue weighted by atomic mass is 19.1. The second kappa shape index (κ2) is 5.78. The zero-order valence-corrected chi connectivity index (χ0v) is 12.3. The number of hydrogen-bond acceptors (Lipinski definition) is 3. The van der Waals surface area contributed by atoms with E-state index in [1.54, 1.807) is 0 Å². The molecule has 2 heterocycles. The summed E-state index contributed by atoms with van der Waals surface area (Å²) in [6, 6.07) is 9.92. The maximum absolute atomic E-state index is 13.6. The summed E-state index contributed by atoms with van der Waals surface area (Å²) in [5.74, 6) is 1.63. The van der Waals surface area contributed by atoms with Gasteiger partial charge in [-0.1, -0.05) is 31.0 Å². The highest BCUT2D eigenvalue weighted by molar-refractivity contribution is 5.80. The highest BCUT2D eigenvalue weighted by Crippen LogP contribution is 2.32. The number of pyridine rings is 1. The van der Waals surface area contributed by atoms with Crippen molar-refractivity contribution in [2.75, 3.05) is 19.8 Å². The summed E-state index contributed by atoms with van der Waals surface area (Å²) in [4.78, 5) is 3.81. The Hall–Kier alpha value is -2.38. The molecule has 2 aliphatic carbocycles. The van der Waals surface area contributed by atoms with Crippen molar-refractivity contribution < 1.29 is 13.9 Å². The molecule has 3 nitrogen and oxygen atoms in total. The predicted molar refractivity (Wildman–Crippen MR) is 82.0 cm³/mol. The fourth-order valence-electron chi connectivity index (χ4n) is 2.09. The first-order valence-electron chi connectivity index (χ1n) is 7.03.